The molecule has 1 atom stereocenters. The molecule has 0 bridgehead atoms. The second kappa shape index (κ2) is 5.73. The molecule has 3 heterocycles. The second-order valence-corrected chi connectivity index (χ2v) is 7.81. The molecule has 0 spiro atoms. The number of fused-ring (bicyclic) bond motifs is 1. The standard InChI is InChI=1S/C14H15N3O5S/c18-11(16-9-4-7-23(21,22)8-9)3-6-17-13(19)10-2-1-5-15-12(10)14(17)20/h1-2,5,9H,3-4,6-8H2,(H,16,18)/t9-/m1/s1. The molecule has 0 aliphatic carbocycles. The van der Waals surface area contributed by atoms with Gasteiger partial charge in [-0.25, -0.2) is 8.42 Å². The summed E-state index contributed by atoms with van der Waals surface area (Å²) in [6.07, 6.45) is 1.76. The van der Waals surface area contributed by atoms with Gasteiger partial charge in [-0.2, -0.15) is 0 Å². The highest BCUT2D eigenvalue weighted by Gasteiger charge is 2.36. The number of imide groups is 1. The minimum Gasteiger partial charge on any atom is -0.352 e. The number of nitrogens with one attached hydrogen (secondary N) is 1. The summed E-state index contributed by atoms with van der Waals surface area (Å²) in [5.74, 6) is -1.34. The fourth-order valence-electron chi connectivity index (χ4n) is 2.74. The van der Waals surface area contributed by atoms with Crippen LogP contribution in [0.4, 0.5) is 0 Å². The van der Waals surface area contributed by atoms with Crippen molar-refractivity contribution in [1.82, 2.24) is 15.2 Å². The number of carbonyl (C=O) groups excluding carboxylic acids is 3. The van der Waals surface area contributed by atoms with Crippen molar-refractivity contribution >= 4 is 27.6 Å². The Morgan fingerprint density at radius 3 is 2.78 bits per heavy atom. The topological polar surface area (TPSA) is 114 Å². The third-order valence-corrected chi connectivity index (χ3v) is 5.66. The number of aromatic nitrogens is 1. The Kier molecular flexibility index (Phi) is 3.88. The number of amides is 3. The second-order valence-electron chi connectivity index (χ2n) is 5.58. The van der Waals surface area contributed by atoms with E-state index < -0.39 is 27.7 Å². The van der Waals surface area contributed by atoms with Crippen molar-refractivity contribution in [2.24, 2.45) is 0 Å². The van der Waals surface area contributed by atoms with E-state index in [0.717, 1.165) is 4.90 Å². The smallest absolute Gasteiger partial charge is 0.280 e. The molecule has 3 rings (SSSR count). The van der Waals surface area contributed by atoms with Gasteiger partial charge in [0, 0.05) is 25.2 Å². The first kappa shape index (κ1) is 15.6. The molecule has 1 aromatic heterocycles. The van der Waals surface area contributed by atoms with Crippen LogP contribution in [-0.2, 0) is 14.6 Å². The van der Waals surface area contributed by atoms with Gasteiger partial charge in [0.2, 0.25) is 5.91 Å². The van der Waals surface area contributed by atoms with Crippen LogP contribution in [0.3, 0.4) is 0 Å². The zero-order valence-corrected chi connectivity index (χ0v) is 13.0. The molecule has 9 heteroatoms. The molecule has 0 unspecified atom stereocenters. The Morgan fingerprint density at radius 1 is 1.35 bits per heavy atom. The van der Waals surface area contributed by atoms with Crippen LogP contribution < -0.4 is 5.32 Å². The molecule has 1 fully saturated rings. The van der Waals surface area contributed by atoms with Crippen LogP contribution in [0.5, 0.6) is 0 Å². The predicted molar refractivity (Wildman–Crippen MR) is 79.4 cm³/mol. The van der Waals surface area contributed by atoms with E-state index in [1.54, 1.807) is 6.07 Å². The van der Waals surface area contributed by atoms with E-state index in [0.29, 0.717) is 6.42 Å². The largest absolute Gasteiger partial charge is 0.352 e. The number of sulfone groups is 1. The van der Waals surface area contributed by atoms with Crippen molar-refractivity contribution in [2.45, 2.75) is 18.9 Å². The third-order valence-electron chi connectivity index (χ3n) is 3.89. The zero-order chi connectivity index (χ0) is 16.6. The number of hydrogen-bond acceptors (Lipinski definition) is 6. The summed E-state index contributed by atoms with van der Waals surface area (Å²) in [6, 6.07) is 2.70. The van der Waals surface area contributed by atoms with E-state index in [9.17, 15) is 22.8 Å². The predicted octanol–water partition coefficient (Wildman–Crippen LogP) is -0.629. The summed E-state index contributed by atoms with van der Waals surface area (Å²) in [5.41, 5.74) is 0.333. The summed E-state index contributed by atoms with van der Waals surface area (Å²) >= 11 is 0. The quantitative estimate of drug-likeness (QED) is 0.732. The van der Waals surface area contributed by atoms with Crippen molar-refractivity contribution in [3.63, 3.8) is 0 Å². The molecular formula is C14H15N3O5S. The van der Waals surface area contributed by atoms with Gasteiger partial charge in [0.15, 0.2) is 9.84 Å². The lowest BCUT2D eigenvalue weighted by Gasteiger charge is -2.15. The highest BCUT2D eigenvalue weighted by molar-refractivity contribution is 7.91. The summed E-state index contributed by atoms with van der Waals surface area (Å²) in [5, 5.41) is 2.63. The number of carbonyl (C=O) groups is 3. The Morgan fingerprint density at radius 2 is 2.13 bits per heavy atom. The molecule has 0 saturated carbocycles. The average Bonchev–Trinajstić information content (AvgIpc) is 2.96. The minimum atomic E-state index is -3.07. The molecule has 2 aliphatic rings. The molecule has 23 heavy (non-hydrogen) atoms. The molecular weight excluding hydrogens is 322 g/mol. The fraction of sp³-hybridized carbons (Fsp3) is 0.429. The monoisotopic (exact) mass is 337 g/mol. The zero-order valence-electron chi connectivity index (χ0n) is 12.2. The van der Waals surface area contributed by atoms with Crippen molar-refractivity contribution < 1.29 is 22.8 Å². The summed E-state index contributed by atoms with van der Waals surface area (Å²) < 4.78 is 22.7. The molecule has 1 N–H and O–H groups in total. The number of rotatable bonds is 4. The summed E-state index contributed by atoms with van der Waals surface area (Å²) in [7, 11) is -3.07. The van der Waals surface area contributed by atoms with Gasteiger partial charge in [-0.05, 0) is 18.6 Å². The third kappa shape index (κ3) is 3.09. The van der Waals surface area contributed by atoms with Gasteiger partial charge in [0.25, 0.3) is 11.8 Å². The van der Waals surface area contributed by atoms with E-state index in [4.69, 9.17) is 0 Å². The summed E-state index contributed by atoms with van der Waals surface area (Å²) in [4.78, 5) is 40.9. The maximum Gasteiger partial charge on any atom is 0.280 e. The number of pyridine rings is 1. The van der Waals surface area contributed by atoms with Crippen LogP contribution in [0, 0.1) is 0 Å². The molecule has 8 nitrogen and oxygen atoms in total. The Labute approximate surface area is 132 Å². The van der Waals surface area contributed by atoms with Crippen molar-refractivity contribution in [1.29, 1.82) is 0 Å². The first-order chi connectivity index (χ1) is 10.9. The SMILES string of the molecule is O=C(CCN1C(=O)c2cccnc2C1=O)N[C@@H]1CCS(=O)(=O)C1. The van der Waals surface area contributed by atoms with Crippen LogP contribution >= 0.6 is 0 Å². The van der Waals surface area contributed by atoms with Crippen molar-refractivity contribution in [3.05, 3.63) is 29.6 Å². The Bertz CT molecular complexity index is 754. The fourth-order valence-corrected chi connectivity index (χ4v) is 4.41. The van der Waals surface area contributed by atoms with E-state index in [2.05, 4.69) is 10.3 Å². The van der Waals surface area contributed by atoms with Gasteiger partial charge < -0.3 is 5.32 Å². The van der Waals surface area contributed by atoms with Crippen LogP contribution in [0.15, 0.2) is 18.3 Å². The van der Waals surface area contributed by atoms with Gasteiger partial charge in [-0.15, -0.1) is 0 Å². The normalized spacial score (nSPS) is 22.3. The average molecular weight is 337 g/mol. The molecule has 1 aromatic rings. The van der Waals surface area contributed by atoms with Crippen molar-refractivity contribution in [2.75, 3.05) is 18.1 Å². The maximum absolute atomic E-state index is 12.1. The molecule has 3 amide bonds. The highest BCUT2D eigenvalue weighted by atomic mass is 32.2. The maximum atomic E-state index is 12.1. The number of hydrogen-bond donors (Lipinski definition) is 1. The van der Waals surface area contributed by atoms with Gasteiger partial charge in [0.05, 0.1) is 17.1 Å². The Hall–Kier alpha value is -2.29. The minimum absolute atomic E-state index is 0.0562. The molecule has 1 saturated heterocycles. The highest BCUT2D eigenvalue weighted by Crippen LogP contribution is 2.20. The first-order valence-corrected chi connectivity index (χ1v) is 9.00. The van der Waals surface area contributed by atoms with E-state index >= 15 is 0 Å². The van der Waals surface area contributed by atoms with E-state index in [1.807, 2.05) is 0 Å². The molecule has 2 aliphatic heterocycles. The Balaban J connectivity index is 1.56. The first-order valence-electron chi connectivity index (χ1n) is 7.18. The lowest BCUT2D eigenvalue weighted by Crippen LogP contribution is -2.39. The lowest BCUT2D eigenvalue weighted by atomic mass is 10.2. The van der Waals surface area contributed by atoms with Crippen LogP contribution in [0.1, 0.15) is 33.7 Å². The van der Waals surface area contributed by atoms with Crippen LogP contribution in [0.2, 0.25) is 0 Å². The van der Waals surface area contributed by atoms with Crippen LogP contribution in [0.25, 0.3) is 0 Å². The van der Waals surface area contributed by atoms with Gasteiger partial charge >= 0.3 is 0 Å². The van der Waals surface area contributed by atoms with Gasteiger partial charge in [0.1, 0.15) is 5.69 Å². The summed E-state index contributed by atoms with van der Waals surface area (Å²) in [6.45, 7) is -0.0562. The molecule has 122 valence electrons. The van der Waals surface area contributed by atoms with Crippen LogP contribution in [-0.4, -0.2) is 60.1 Å². The van der Waals surface area contributed by atoms with E-state index in [1.165, 1.54) is 12.3 Å². The lowest BCUT2D eigenvalue weighted by molar-refractivity contribution is -0.121. The molecule has 0 radical (unpaired) electrons. The van der Waals surface area contributed by atoms with Crippen molar-refractivity contribution in [3.8, 4) is 0 Å². The van der Waals surface area contributed by atoms with E-state index in [-0.39, 0.29) is 41.6 Å². The van der Waals surface area contributed by atoms with Gasteiger partial charge in [-0.1, -0.05) is 0 Å². The number of nitrogens with zero attached hydrogens (tertiary/aromatic N) is 2. The molecule has 0 aromatic carbocycles. The van der Waals surface area contributed by atoms with Gasteiger partial charge in [-0.3, -0.25) is 24.3 Å².